The van der Waals surface area contributed by atoms with Gasteiger partial charge < -0.3 is 4.42 Å². The average molecular weight is 400 g/mol. The third-order valence-corrected chi connectivity index (χ3v) is 5.02. The predicted molar refractivity (Wildman–Crippen MR) is 110 cm³/mol. The maximum Gasteiger partial charge on any atom is 0.227 e. The van der Waals surface area contributed by atoms with Crippen molar-refractivity contribution in [1.82, 2.24) is 4.98 Å². The van der Waals surface area contributed by atoms with Gasteiger partial charge in [0.2, 0.25) is 5.89 Å². The SMILES string of the molecule is Brc1cccc(-c2cccc(-c3nc4cc5ccccc5cc4o3)c2)c1. The zero-order chi connectivity index (χ0) is 17.5. The Morgan fingerprint density at radius 3 is 2.15 bits per heavy atom. The lowest BCUT2D eigenvalue weighted by Crippen LogP contribution is -1.81. The fourth-order valence-corrected chi connectivity index (χ4v) is 3.64. The molecule has 0 N–H and O–H groups in total. The standard InChI is InChI=1S/C23H14BrNO/c24-20-10-4-8-16(12-20)15-7-3-9-19(11-15)23-25-21-13-17-5-1-2-6-18(17)14-22(21)26-23/h1-14H. The van der Waals surface area contributed by atoms with Crippen LogP contribution in [-0.2, 0) is 0 Å². The quantitative estimate of drug-likeness (QED) is 0.317. The van der Waals surface area contributed by atoms with Gasteiger partial charge in [-0.2, -0.15) is 0 Å². The minimum atomic E-state index is 0.646. The van der Waals surface area contributed by atoms with E-state index in [0.29, 0.717) is 5.89 Å². The highest BCUT2D eigenvalue weighted by atomic mass is 79.9. The summed E-state index contributed by atoms with van der Waals surface area (Å²) >= 11 is 3.54. The highest BCUT2D eigenvalue weighted by Gasteiger charge is 2.10. The molecule has 4 aromatic carbocycles. The lowest BCUT2D eigenvalue weighted by atomic mass is 10.0. The van der Waals surface area contributed by atoms with Crippen LogP contribution < -0.4 is 0 Å². The molecule has 0 amide bonds. The smallest absolute Gasteiger partial charge is 0.227 e. The summed E-state index contributed by atoms with van der Waals surface area (Å²) < 4.78 is 7.12. The molecule has 2 nitrogen and oxygen atoms in total. The highest BCUT2D eigenvalue weighted by molar-refractivity contribution is 9.10. The second-order valence-corrected chi connectivity index (χ2v) is 7.19. The van der Waals surface area contributed by atoms with Crippen LogP contribution in [0, 0.1) is 0 Å². The average Bonchev–Trinajstić information content (AvgIpc) is 3.09. The van der Waals surface area contributed by atoms with E-state index in [-0.39, 0.29) is 0 Å². The minimum absolute atomic E-state index is 0.646. The van der Waals surface area contributed by atoms with Crippen LogP contribution in [0.5, 0.6) is 0 Å². The number of fused-ring (bicyclic) bond motifs is 2. The van der Waals surface area contributed by atoms with Gasteiger partial charge in [-0.3, -0.25) is 0 Å². The second kappa shape index (κ2) is 6.11. The second-order valence-electron chi connectivity index (χ2n) is 6.28. The maximum atomic E-state index is 6.06. The number of benzene rings is 4. The van der Waals surface area contributed by atoms with Gasteiger partial charge in [-0.15, -0.1) is 0 Å². The van der Waals surface area contributed by atoms with Gasteiger partial charge >= 0.3 is 0 Å². The number of oxazole rings is 1. The molecule has 0 fully saturated rings. The molecule has 1 aromatic heterocycles. The summed E-state index contributed by atoms with van der Waals surface area (Å²) in [5.74, 6) is 0.646. The molecule has 0 spiro atoms. The summed E-state index contributed by atoms with van der Waals surface area (Å²) in [4.78, 5) is 4.71. The van der Waals surface area contributed by atoms with Crippen molar-refractivity contribution < 1.29 is 4.42 Å². The van der Waals surface area contributed by atoms with Crippen molar-refractivity contribution in [2.24, 2.45) is 0 Å². The Kier molecular flexibility index (Phi) is 3.61. The van der Waals surface area contributed by atoms with Crippen molar-refractivity contribution >= 4 is 37.8 Å². The van der Waals surface area contributed by atoms with E-state index in [9.17, 15) is 0 Å². The van der Waals surface area contributed by atoms with Crippen molar-refractivity contribution in [1.29, 1.82) is 0 Å². The van der Waals surface area contributed by atoms with E-state index in [4.69, 9.17) is 9.40 Å². The molecular formula is C23H14BrNO. The van der Waals surface area contributed by atoms with E-state index in [1.165, 1.54) is 5.39 Å². The first-order chi connectivity index (χ1) is 12.8. The number of hydrogen-bond donors (Lipinski definition) is 0. The predicted octanol–water partition coefficient (Wildman–Crippen LogP) is 7.08. The Balaban J connectivity index is 1.63. The Bertz CT molecular complexity index is 1200. The number of hydrogen-bond acceptors (Lipinski definition) is 2. The van der Waals surface area contributed by atoms with Crippen LogP contribution in [-0.4, -0.2) is 4.98 Å². The van der Waals surface area contributed by atoms with E-state index in [1.54, 1.807) is 0 Å². The van der Waals surface area contributed by atoms with Crippen LogP contribution in [0.15, 0.2) is 93.8 Å². The first kappa shape index (κ1) is 15.4. The van der Waals surface area contributed by atoms with E-state index < -0.39 is 0 Å². The van der Waals surface area contributed by atoms with Gasteiger partial charge in [-0.1, -0.05) is 64.5 Å². The monoisotopic (exact) mass is 399 g/mol. The molecule has 0 bridgehead atoms. The molecule has 0 aliphatic heterocycles. The van der Waals surface area contributed by atoms with Crippen LogP contribution in [0.1, 0.15) is 0 Å². The molecule has 26 heavy (non-hydrogen) atoms. The van der Waals surface area contributed by atoms with Crippen LogP contribution >= 0.6 is 15.9 Å². The van der Waals surface area contributed by atoms with E-state index >= 15 is 0 Å². The van der Waals surface area contributed by atoms with Gasteiger partial charge in [-0.25, -0.2) is 4.98 Å². The topological polar surface area (TPSA) is 26.0 Å². The molecule has 0 aliphatic carbocycles. The normalized spacial score (nSPS) is 11.3. The van der Waals surface area contributed by atoms with Gasteiger partial charge in [0.15, 0.2) is 5.58 Å². The summed E-state index contributed by atoms with van der Waals surface area (Å²) in [5.41, 5.74) is 4.96. The zero-order valence-corrected chi connectivity index (χ0v) is 15.4. The summed E-state index contributed by atoms with van der Waals surface area (Å²) in [5, 5.41) is 2.33. The Morgan fingerprint density at radius 1 is 0.654 bits per heavy atom. The summed E-state index contributed by atoms with van der Waals surface area (Å²) in [6.45, 7) is 0. The molecule has 3 heteroatoms. The first-order valence-electron chi connectivity index (χ1n) is 8.42. The fourth-order valence-electron chi connectivity index (χ4n) is 3.24. The van der Waals surface area contributed by atoms with Crippen molar-refractivity contribution in [3.8, 4) is 22.6 Å². The third-order valence-electron chi connectivity index (χ3n) is 4.52. The number of nitrogens with zero attached hydrogens (tertiary/aromatic N) is 1. The lowest BCUT2D eigenvalue weighted by molar-refractivity contribution is 0.620. The van der Waals surface area contributed by atoms with E-state index in [1.807, 2.05) is 36.4 Å². The maximum absolute atomic E-state index is 6.06. The van der Waals surface area contributed by atoms with E-state index in [0.717, 1.165) is 37.6 Å². The van der Waals surface area contributed by atoms with Crippen molar-refractivity contribution in [2.45, 2.75) is 0 Å². The largest absolute Gasteiger partial charge is 0.436 e. The molecule has 0 aliphatic rings. The molecule has 0 saturated heterocycles. The minimum Gasteiger partial charge on any atom is -0.436 e. The molecule has 0 atom stereocenters. The molecular weight excluding hydrogens is 386 g/mol. The molecule has 0 radical (unpaired) electrons. The summed E-state index contributed by atoms with van der Waals surface area (Å²) in [6.07, 6.45) is 0. The summed E-state index contributed by atoms with van der Waals surface area (Å²) in [7, 11) is 0. The van der Waals surface area contributed by atoms with Gasteiger partial charge in [0.1, 0.15) is 5.52 Å². The summed E-state index contributed by atoms with van der Waals surface area (Å²) in [6, 6.07) is 29.0. The van der Waals surface area contributed by atoms with Crippen LogP contribution in [0.3, 0.4) is 0 Å². The van der Waals surface area contributed by atoms with Crippen molar-refractivity contribution in [3.63, 3.8) is 0 Å². The van der Waals surface area contributed by atoms with E-state index in [2.05, 4.69) is 64.5 Å². The Labute approximate surface area is 159 Å². The van der Waals surface area contributed by atoms with Gasteiger partial charge in [0, 0.05) is 10.0 Å². The van der Waals surface area contributed by atoms with Crippen LogP contribution in [0.25, 0.3) is 44.5 Å². The fraction of sp³-hybridized carbons (Fsp3) is 0. The van der Waals surface area contributed by atoms with Gasteiger partial charge in [0.25, 0.3) is 0 Å². The van der Waals surface area contributed by atoms with Crippen LogP contribution in [0.4, 0.5) is 0 Å². The number of rotatable bonds is 2. The van der Waals surface area contributed by atoms with Crippen molar-refractivity contribution in [3.05, 3.63) is 89.4 Å². The van der Waals surface area contributed by atoms with Gasteiger partial charge in [-0.05, 0) is 58.3 Å². The van der Waals surface area contributed by atoms with Crippen LogP contribution in [0.2, 0.25) is 0 Å². The Morgan fingerprint density at radius 2 is 1.35 bits per heavy atom. The molecule has 0 saturated carbocycles. The van der Waals surface area contributed by atoms with Crippen molar-refractivity contribution in [2.75, 3.05) is 0 Å². The highest BCUT2D eigenvalue weighted by Crippen LogP contribution is 2.31. The number of halogens is 1. The lowest BCUT2D eigenvalue weighted by Gasteiger charge is -2.04. The molecule has 1 heterocycles. The zero-order valence-electron chi connectivity index (χ0n) is 13.8. The first-order valence-corrected chi connectivity index (χ1v) is 9.21. The molecule has 5 aromatic rings. The van der Waals surface area contributed by atoms with Gasteiger partial charge in [0.05, 0.1) is 0 Å². The molecule has 124 valence electrons. The molecule has 0 unspecified atom stereocenters. The third kappa shape index (κ3) is 2.71. The molecule has 5 rings (SSSR count). The Hall–Kier alpha value is -2.91. The number of aromatic nitrogens is 1.